The third-order valence-electron chi connectivity index (χ3n) is 2.93. The zero-order valence-corrected chi connectivity index (χ0v) is 11.9. The van der Waals surface area contributed by atoms with Gasteiger partial charge in [-0.15, -0.1) is 0 Å². The van der Waals surface area contributed by atoms with Crippen molar-refractivity contribution >= 4 is 22.9 Å². The van der Waals surface area contributed by atoms with E-state index in [2.05, 4.69) is 9.97 Å². The maximum atomic E-state index is 12.2. The first-order valence-electron chi connectivity index (χ1n) is 6.55. The second-order valence-corrected chi connectivity index (χ2v) is 4.38. The van der Waals surface area contributed by atoms with Crippen molar-refractivity contribution in [3.8, 4) is 0 Å². The van der Waals surface area contributed by atoms with E-state index in [0.717, 1.165) is 11.0 Å². The summed E-state index contributed by atoms with van der Waals surface area (Å²) in [4.78, 5) is 28.6. The molecule has 0 saturated carbocycles. The highest BCUT2D eigenvalue weighted by Gasteiger charge is 2.09. The van der Waals surface area contributed by atoms with Gasteiger partial charge in [0.15, 0.2) is 5.78 Å². The molecule has 0 atom stereocenters. The van der Waals surface area contributed by atoms with E-state index in [1.54, 1.807) is 12.4 Å². The molecule has 0 aliphatic heterocycles. The quantitative estimate of drug-likeness (QED) is 0.634. The largest absolute Gasteiger partial charge is 0.465 e. The van der Waals surface area contributed by atoms with Crippen molar-refractivity contribution < 1.29 is 14.7 Å². The molecule has 1 heterocycles. The summed E-state index contributed by atoms with van der Waals surface area (Å²) in [7, 11) is 1.35. The zero-order chi connectivity index (χ0) is 15.9. The van der Waals surface area contributed by atoms with E-state index in [0.29, 0.717) is 11.1 Å². The summed E-state index contributed by atoms with van der Waals surface area (Å²) in [6.07, 6.45) is 0.631. The van der Waals surface area contributed by atoms with Crippen molar-refractivity contribution in [3.05, 3.63) is 66.0 Å². The summed E-state index contributed by atoms with van der Waals surface area (Å²) in [6.45, 7) is 0. The number of carbonyl (C=O) groups excluding carboxylic acids is 1. The standard InChI is InChI=1S/C14H10N2O.C2H5NO2/c17-14(10-4-2-1-3-5-10)11-6-7-12-13(8-11)16-9-15-12;1-3-2(4)5/h1-9H,(H,15,16);3H,1H3,(H,4,5). The van der Waals surface area contributed by atoms with Crippen molar-refractivity contribution in [1.82, 2.24) is 15.3 Å². The van der Waals surface area contributed by atoms with E-state index in [1.807, 2.05) is 47.8 Å². The van der Waals surface area contributed by atoms with Gasteiger partial charge < -0.3 is 15.4 Å². The second-order valence-electron chi connectivity index (χ2n) is 4.38. The first-order chi connectivity index (χ1) is 10.6. The van der Waals surface area contributed by atoms with E-state index >= 15 is 0 Å². The number of nitrogens with one attached hydrogen (secondary N) is 2. The number of benzene rings is 2. The molecule has 0 saturated heterocycles. The van der Waals surface area contributed by atoms with Crippen LogP contribution < -0.4 is 5.32 Å². The lowest BCUT2D eigenvalue weighted by Gasteiger charge is -2.00. The van der Waals surface area contributed by atoms with E-state index in [4.69, 9.17) is 5.11 Å². The van der Waals surface area contributed by atoms with Gasteiger partial charge >= 0.3 is 6.09 Å². The van der Waals surface area contributed by atoms with Crippen LogP contribution in [0, 0.1) is 0 Å². The Morgan fingerprint density at radius 1 is 1.09 bits per heavy atom. The number of amides is 1. The fourth-order valence-electron chi connectivity index (χ4n) is 1.83. The minimum atomic E-state index is -0.995. The lowest BCUT2D eigenvalue weighted by atomic mass is 10.0. The van der Waals surface area contributed by atoms with Gasteiger partial charge in [0.1, 0.15) is 0 Å². The fourth-order valence-corrected chi connectivity index (χ4v) is 1.83. The molecule has 0 bridgehead atoms. The van der Waals surface area contributed by atoms with Gasteiger partial charge in [-0.1, -0.05) is 30.3 Å². The summed E-state index contributed by atoms with van der Waals surface area (Å²) in [6, 6.07) is 14.7. The van der Waals surface area contributed by atoms with Crippen molar-refractivity contribution in [2.45, 2.75) is 0 Å². The van der Waals surface area contributed by atoms with Crippen LogP contribution in [0.15, 0.2) is 54.9 Å². The number of H-pyrrole nitrogens is 1. The van der Waals surface area contributed by atoms with Crippen molar-refractivity contribution in [2.75, 3.05) is 7.05 Å². The lowest BCUT2D eigenvalue weighted by molar-refractivity contribution is 0.103. The first kappa shape index (κ1) is 15.2. The highest BCUT2D eigenvalue weighted by Crippen LogP contribution is 2.15. The van der Waals surface area contributed by atoms with Gasteiger partial charge in [-0.2, -0.15) is 0 Å². The number of fused-ring (bicyclic) bond motifs is 1. The Morgan fingerprint density at radius 3 is 2.41 bits per heavy atom. The van der Waals surface area contributed by atoms with Crippen molar-refractivity contribution in [2.24, 2.45) is 0 Å². The normalized spacial score (nSPS) is 9.68. The smallest absolute Gasteiger partial charge is 0.404 e. The number of rotatable bonds is 2. The van der Waals surface area contributed by atoms with E-state index in [9.17, 15) is 9.59 Å². The molecule has 22 heavy (non-hydrogen) atoms. The van der Waals surface area contributed by atoms with Crippen molar-refractivity contribution in [1.29, 1.82) is 0 Å². The van der Waals surface area contributed by atoms with Crippen LogP contribution in [0.2, 0.25) is 0 Å². The molecule has 0 fully saturated rings. The molecule has 2 aromatic carbocycles. The summed E-state index contributed by atoms with van der Waals surface area (Å²) in [5, 5.41) is 9.56. The molecule has 0 unspecified atom stereocenters. The molecular weight excluding hydrogens is 282 g/mol. The Kier molecular flexibility index (Phi) is 4.87. The molecule has 3 N–H and O–H groups in total. The predicted octanol–water partition coefficient (Wildman–Crippen LogP) is 2.68. The summed E-state index contributed by atoms with van der Waals surface area (Å²) < 4.78 is 0. The molecule has 3 rings (SSSR count). The third-order valence-corrected chi connectivity index (χ3v) is 2.93. The topological polar surface area (TPSA) is 95.1 Å². The average molecular weight is 297 g/mol. The highest BCUT2D eigenvalue weighted by atomic mass is 16.4. The van der Waals surface area contributed by atoms with E-state index in [-0.39, 0.29) is 5.78 Å². The van der Waals surface area contributed by atoms with Crippen LogP contribution >= 0.6 is 0 Å². The molecule has 0 aliphatic carbocycles. The number of aromatic amines is 1. The maximum absolute atomic E-state index is 12.2. The SMILES string of the molecule is CNC(=O)O.O=C(c1ccccc1)c1ccc2nc[nH]c2c1. The van der Waals surface area contributed by atoms with Crippen LogP contribution in [0.3, 0.4) is 0 Å². The fraction of sp³-hybridized carbons (Fsp3) is 0.0625. The Hall–Kier alpha value is -3.15. The lowest BCUT2D eigenvalue weighted by Crippen LogP contribution is -2.13. The molecule has 1 aromatic heterocycles. The van der Waals surface area contributed by atoms with Crippen molar-refractivity contribution in [3.63, 3.8) is 0 Å². The third kappa shape index (κ3) is 3.69. The number of imidazole rings is 1. The maximum Gasteiger partial charge on any atom is 0.404 e. The van der Waals surface area contributed by atoms with Gasteiger partial charge in [0.2, 0.25) is 0 Å². The summed E-state index contributed by atoms with van der Waals surface area (Å²) >= 11 is 0. The predicted molar refractivity (Wildman–Crippen MR) is 83.1 cm³/mol. The van der Waals surface area contributed by atoms with E-state index in [1.165, 1.54) is 7.05 Å². The van der Waals surface area contributed by atoms with Gasteiger partial charge in [-0.25, -0.2) is 9.78 Å². The van der Waals surface area contributed by atoms with Crippen LogP contribution in [-0.4, -0.2) is 34.0 Å². The van der Waals surface area contributed by atoms with Crippen LogP contribution in [0.5, 0.6) is 0 Å². The number of nitrogens with zero attached hydrogens (tertiary/aromatic N) is 1. The summed E-state index contributed by atoms with van der Waals surface area (Å²) in [5.41, 5.74) is 3.13. The Balaban J connectivity index is 0.000000309. The molecule has 6 nitrogen and oxygen atoms in total. The van der Waals surface area contributed by atoms with Crippen LogP contribution in [-0.2, 0) is 0 Å². The molecule has 6 heteroatoms. The van der Waals surface area contributed by atoms with Crippen LogP contribution in [0.1, 0.15) is 15.9 Å². The number of ketones is 1. The zero-order valence-electron chi connectivity index (χ0n) is 11.9. The Labute approximate surface area is 126 Å². The number of carbonyl (C=O) groups is 2. The van der Waals surface area contributed by atoms with Gasteiger partial charge in [-0.3, -0.25) is 4.79 Å². The molecule has 3 aromatic rings. The molecule has 0 spiro atoms. The van der Waals surface area contributed by atoms with Crippen LogP contribution in [0.25, 0.3) is 11.0 Å². The molecule has 0 aliphatic rings. The Morgan fingerprint density at radius 2 is 1.77 bits per heavy atom. The van der Waals surface area contributed by atoms with Gasteiger partial charge in [-0.05, 0) is 18.2 Å². The number of carboxylic acid groups (broad SMARTS) is 1. The van der Waals surface area contributed by atoms with E-state index < -0.39 is 6.09 Å². The number of aromatic nitrogens is 2. The van der Waals surface area contributed by atoms with Crippen LogP contribution in [0.4, 0.5) is 4.79 Å². The number of hydrogen-bond acceptors (Lipinski definition) is 3. The molecular formula is C16H15N3O3. The first-order valence-corrected chi connectivity index (χ1v) is 6.55. The van der Waals surface area contributed by atoms with Gasteiger partial charge in [0.25, 0.3) is 0 Å². The molecule has 0 radical (unpaired) electrons. The van der Waals surface area contributed by atoms with Gasteiger partial charge in [0.05, 0.1) is 17.4 Å². The molecule has 112 valence electrons. The Bertz CT molecular complexity index is 781. The molecule has 1 amide bonds. The monoisotopic (exact) mass is 297 g/mol. The highest BCUT2D eigenvalue weighted by molar-refractivity contribution is 6.10. The van der Waals surface area contributed by atoms with Gasteiger partial charge in [0, 0.05) is 18.2 Å². The summed E-state index contributed by atoms with van der Waals surface area (Å²) in [5.74, 6) is 0.0297. The second kappa shape index (κ2) is 7.03. The number of hydrogen-bond donors (Lipinski definition) is 3. The average Bonchev–Trinajstić information content (AvgIpc) is 3.03. The minimum Gasteiger partial charge on any atom is -0.465 e. The minimum absolute atomic E-state index is 0.0297.